The Hall–Kier alpha value is -2.40. The Bertz CT molecular complexity index is 994. The first-order valence-electron chi connectivity index (χ1n) is 11.6. The topological polar surface area (TPSA) is 42.7 Å². The minimum Gasteiger partial charge on any atom is -0.494 e. The second-order valence-corrected chi connectivity index (χ2v) is 8.80. The van der Waals surface area contributed by atoms with Gasteiger partial charge in [-0.1, -0.05) is 6.42 Å². The maximum Gasteiger partial charge on any atom is 0.155 e. The summed E-state index contributed by atoms with van der Waals surface area (Å²) in [5.41, 5.74) is 5.98. The standard InChI is InChI=1S/C25H32N4O/c1-19-7-5-16-28(19)17-6-18-30-21-12-10-20(11-13-21)25-22-8-3-2-4-9-23(22)27-24-14-15-26-29(24)25/h10-15,19H,2-9,16-18H2,1H3/t19-/m1/s1. The predicted octanol–water partition coefficient (Wildman–Crippen LogP) is 4.92. The monoisotopic (exact) mass is 404 g/mol. The van der Waals surface area contributed by atoms with Crippen molar-refractivity contribution in [2.45, 2.75) is 64.3 Å². The molecule has 30 heavy (non-hydrogen) atoms. The molecule has 158 valence electrons. The van der Waals surface area contributed by atoms with Crippen molar-refractivity contribution in [2.24, 2.45) is 0 Å². The molecule has 1 aliphatic heterocycles. The molecule has 0 N–H and O–H groups in total. The zero-order valence-corrected chi connectivity index (χ0v) is 18.0. The van der Waals surface area contributed by atoms with Gasteiger partial charge in [0.25, 0.3) is 0 Å². The lowest BCUT2D eigenvalue weighted by atomic mass is 10.0. The van der Waals surface area contributed by atoms with Gasteiger partial charge in [0.1, 0.15) is 5.75 Å². The van der Waals surface area contributed by atoms with E-state index in [0.29, 0.717) is 0 Å². The van der Waals surface area contributed by atoms with Crippen molar-refractivity contribution in [3.05, 3.63) is 47.8 Å². The van der Waals surface area contributed by atoms with Gasteiger partial charge in [-0.15, -0.1) is 0 Å². The molecule has 1 fully saturated rings. The van der Waals surface area contributed by atoms with Crippen molar-refractivity contribution < 1.29 is 4.74 Å². The van der Waals surface area contributed by atoms with Crippen molar-refractivity contribution >= 4 is 5.65 Å². The molecule has 0 spiro atoms. The van der Waals surface area contributed by atoms with Crippen molar-refractivity contribution in [2.75, 3.05) is 19.7 Å². The van der Waals surface area contributed by atoms with Crippen LogP contribution in [0.5, 0.6) is 5.75 Å². The first-order valence-corrected chi connectivity index (χ1v) is 11.6. The predicted molar refractivity (Wildman–Crippen MR) is 120 cm³/mol. The third-order valence-corrected chi connectivity index (χ3v) is 6.74. The van der Waals surface area contributed by atoms with E-state index in [0.717, 1.165) is 49.9 Å². The number of hydrogen-bond donors (Lipinski definition) is 0. The van der Waals surface area contributed by atoms with Crippen LogP contribution in [0.2, 0.25) is 0 Å². The molecular weight excluding hydrogens is 372 g/mol. The minimum absolute atomic E-state index is 0.735. The number of aryl methyl sites for hydroxylation is 1. The Balaban J connectivity index is 1.31. The van der Waals surface area contributed by atoms with E-state index in [4.69, 9.17) is 9.72 Å². The lowest BCUT2D eigenvalue weighted by molar-refractivity contribution is 0.230. The summed E-state index contributed by atoms with van der Waals surface area (Å²) >= 11 is 0. The SMILES string of the molecule is C[C@@H]1CCCN1CCCOc1ccc(-c2c3c(nc4ccnn24)CCCCC3)cc1. The highest BCUT2D eigenvalue weighted by atomic mass is 16.5. The van der Waals surface area contributed by atoms with E-state index in [1.54, 1.807) is 0 Å². The average molecular weight is 405 g/mol. The number of benzene rings is 1. The lowest BCUT2D eigenvalue weighted by Gasteiger charge is -2.20. The van der Waals surface area contributed by atoms with Gasteiger partial charge in [-0.2, -0.15) is 5.10 Å². The van der Waals surface area contributed by atoms with Crippen molar-refractivity contribution in [3.8, 4) is 17.0 Å². The Morgan fingerprint density at radius 1 is 1.03 bits per heavy atom. The fourth-order valence-electron chi connectivity index (χ4n) is 5.05. The molecule has 1 aromatic carbocycles. The first-order chi connectivity index (χ1) is 14.8. The number of rotatable bonds is 6. The summed E-state index contributed by atoms with van der Waals surface area (Å²) in [6.07, 6.45) is 11.5. The first kappa shape index (κ1) is 19.6. The number of likely N-dealkylation sites (tertiary alicyclic amines) is 1. The summed E-state index contributed by atoms with van der Waals surface area (Å²) in [5.74, 6) is 0.949. The number of nitrogens with zero attached hydrogens (tertiary/aromatic N) is 4. The summed E-state index contributed by atoms with van der Waals surface area (Å²) in [5, 5.41) is 4.58. The van der Waals surface area contributed by atoms with Gasteiger partial charge in [-0.3, -0.25) is 0 Å². The van der Waals surface area contributed by atoms with Crippen LogP contribution in [0.15, 0.2) is 36.5 Å². The van der Waals surface area contributed by atoms with Crippen LogP contribution in [0.4, 0.5) is 0 Å². The van der Waals surface area contributed by atoms with E-state index in [1.165, 1.54) is 61.2 Å². The summed E-state index contributed by atoms with van der Waals surface area (Å²) in [6, 6.07) is 11.3. The van der Waals surface area contributed by atoms with Gasteiger partial charge in [-0.25, -0.2) is 9.50 Å². The number of ether oxygens (including phenoxy) is 1. The Kier molecular flexibility index (Phi) is 5.71. The molecule has 0 bridgehead atoms. The molecule has 1 aliphatic carbocycles. The number of fused-ring (bicyclic) bond motifs is 2. The highest BCUT2D eigenvalue weighted by molar-refractivity contribution is 5.68. The molecule has 1 atom stereocenters. The fourth-order valence-corrected chi connectivity index (χ4v) is 5.05. The number of aromatic nitrogens is 3. The minimum atomic E-state index is 0.735. The van der Waals surface area contributed by atoms with Crippen molar-refractivity contribution in [3.63, 3.8) is 0 Å². The fraction of sp³-hybridized carbons (Fsp3) is 0.520. The smallest absolute Gasteiger partial charge is 0.155 e. The third kappa shape index (κ3) is 3.95. The summed E-state index contributed by atoms with van der Waals surface area (Å²) < 4.78 is 8.05. The van der Waals surface area contributed by atoms with Crippen LogP contribution in [0.25, 0.3) is 16.9 Å². The van der Waals surface area contributed by atoms with Crippen molar-refractivity contribution in [1.82, 2.24) is 19.5 Å². The lowest BCUT2D eigenvalue weighted by Crippen LogP contribution is -2.28. The molecular formula is C25H32N4O. The van der Waals surface area contributed by atoms with E-state index in [2.05, 4.69) is 41.2 Å². The molecule has 0 radical (unpaired) electrons. The van der Waals surface area contributed by atoms with Crippen LogP contribution in [0.1, 0.15) is 56.7 Å². The van der Waals surface area contributed by atoms with Gasteiger partial charge in [0.2, 0.25) is 0 Å². The normalized spacial score (nSPS) is 19.7. The highest BCUT2D eigenvalue weighted by Gasteiger charge is 2.20. The Labute approximate surface area is 179 Å². The molecule has 5 heteroatoms. The van der Waals surface area contributed by atoms with E-state index >= 15 is 0 Å². The van der Waals surface area contributed by atoms with Crippen LogP contribution in [0.3, 0.4) is 0 Å². The van der Waals surface area contributed by atoms with E-state index in [-0.39, 0.29) is 0 Å². The Morgan fingerprint density at radius 2 is 1.90 bits per heavy atom. The molecule has 1 saturated heterocycles. The van der Waals surface area contributed by atoms with Crippen LogP contribution >= 0.6 is 0 Å². The molecule has 3 heterocycles. The summed E-state index contributed by atoms with van der Waals surface area (Å²) in [4.78, 5) is 7.48. The molecule has 5 nitrogen and oxygen atoms in total. The van der Waals surface area contributed by atoms with E-state index < -0.39 is 0 Å². The van der Waals surface area contributed by atoms with Gasteiger partial charge in [0.15, 0.2) is 5.65 Å². The molecule has 2 aromatic heterocycles. The molecule has 0 unspecified atom stereocenters. The maximum atomic E-state index is 6.04. The molecule has 3 aromatic rings. The zero-order valence-electron chi connectivity index (χ0n) is 18.0. The zero-order chi connectivity index (χ0) is 20.3. The van der Waals surface area contributed by atoms with Gasteiger partial charge < -0.3 is 9.64 Å². The quantitative estimate of drug-likeness (QED) is 0.432. The average Bonchev–Trinajstić information content (AvgIpc) is 3.32. The van der Waals surface area contributed by atoms with Crippen LogP contribution in [-0.4, -0.2) is 45.2 Å². The largest absolute Gasteiger partial charge is 0.494 e. The second kappa shape index (κ2) is 8.76. The van der Waals surface area contributed by atoms with Gasteiger partial charge in [-0.05, 0) is 82.7 Å². The van der Waals surface area contributed by atoms with Gasteiger partial charge >= 0.3 is 0 Å². The molecule has 2 aliphatic rings. The third-order valence-electron chi connectivity index (χ3n) is 6.74. The van der Waals surface area contributed by atoms with Crippen LogP contribution < -0.4 is 4.74 Å². The summed E-state index contributed by atoms with van der Waals surface area (Å²) in [6.45, 7) is 5.49. The van der Waals surface area contributed by atoms with Crippen LogP contribution in [-0.2, 0) is 12.8 Å². The second-order valence-electron chi connectivity index (χ2n) is 8.80. The Morgan fingerprint density at radius 3 is 2.73 bits per heavy atom. The van der Waals surface area contributed by atoms with Crippen LogP contribution in [0, 0.1) is 0 Å². The highest BCUT2D eigenvalue weighted by Crippen LogP contribution is 2.31. The molecule has 0 saturated carbocycles. The van der Waals surface area contributed by atoms with E-state index in [1.807, 2.05) is 16.8 Å². The molecule has 5 rings (SSSR count). The van der Waals surface area contributed by atoms with E-state index in [9.17, 15) is 0 Å². The molecule has 0 amide bonds. The van der Waals surface area contributed by atoms with Crippen molar-refractivity contribution in [1.29, 1.82) is 0 Å². The van der Waals surface area contributed by atoms with Gasteiger partial charge in [0, 0.05) is 35.5 Å². The summed E-state index contributed by atoms with van der Waals surface area (Å²) in [7, 11) is 0. The maximum absolute atomic E-state index is 6.04. The van der Waals surface area contributed by atoms with Gasteiger partial charge in [0.05, 0.1) is 18.5 Å². The number of hydrogen-bond acceptors (Lipinski definition) is 4.